The van der Waals surface area contributed by atoms with Crippen molar-refractivity contribution in [1.29, 1.82) is 0 Å². The summed E-state index contributed by atoms with van der Waals surface area (Å²) in [5, 5.41) is 4.90. The maximum Gasteiger partial charge on any atom is 0.170 e. The van der Waals surface area contributed by atoms with Crippen molar-refractivity contribution >= 4 is 17.4 Å². The Balaban J connectivity index is 2.32. The topological polar surface area (TPSA) is 47.8 Å². The van der Waals surface area contributed by atoms with Crippen LogP contribution in [0.4, 0.5) is 0 Å². The van der Waals surface area contributed by atoms with Crippen LogP contribution >= 0.6 is 11.6 Å². The molecule has 0 atom stereocenters. The molecule has 0 bridgehead atoms. The van der Waals surface area contributed by atoms with Crippen molar-refractivity contribution in [2.24, 2.45) is 0 Å². The van der Waals surface area contributed by atoms with Crippen molar-refractivity contribution in [3.63, 3.8) is 0 Å². The second-order valence-electron chi connectivity index (χ2n) is 4.45. The lowest BCUT2D eigenvalue weighted by Gasteiger charge is -2.06. The van der Waals surface area contributed by atoms with Gasteiger partial charge in [0.25, 0.3) is 0 Å². The van der Waals surface area contributed by atoms with Crippen molar-refractivity contribution in [3.05, 3.63) is 46.0 Å². The molecule has 0 aliphatic heterocycles. The number of ketones is 1. The van der Waals surface area contributed by atoms with E-state index < -0.39 is 0 Å². The SMILES string of the molecule is CCn1nc(C)c(Cl)c1CC(=O)c1cnccc1C. The number of carbonyl (C=O) groups excluding carboxylic acids is 1. The third-order valence-corrected chi connectivity index (χ3v) is 3.61. The third kappa shape index (κ3) is 2.68. The highest BCUT2D eigenvalue weighted by Gasteiger charge is 2.18. The van der Waals surface area contributed by atoms with Gasteiger partial charge in [-0.25, -0.2) is 0 Å². The van der Waals surface area contributed by atoms with Gasteiger partial charge < -0.3 is 0 Å². The molecular formula is C14H16ClN3O. The molecule has 2 aromatic heterocycles. The van der Waals surface area contributed by atoms with E-state index in [9.17, 15) is 4.79 Å². The average Bonchev–Trinajstić information content (AvgIpc) is 2.67. The van der Waals surface area contributed by atoms with Crippen LogP contribution in [0.2, 0.25) is 5.02 Å². The minimum Gasteiger partial charge on any atom is -0.294 e. The zero-order valence-corrected chi connectivity index (χ0v) is 12.0. The predicted molar refractivity (Wildman–Crippen MR) is 74.7 cm³/mol. The first-order valence-electron chi connectivity index (χ1n) is 6.20. The van der Waals surface area contributed by atoms with Crippen molar-refractivity contribution in [2.45, 2.75) is 33.7 Å². The van der Waals surface area contributed by atoms with E-state index in [4.69, 9.17) is 11.6 Å². The highest BCUT2D eigenvalue weighted by molar-refractivity contribution is 6.32. The highest BCUT2D eigenvalue weighted by atomic mass is 35.5. The lowest BCUT2D eigenvalue weighted by Crippen LogP contribution is -2.11. The molecule has 0 fully saturated rings. The minimum atomic E-state index is 0.0158. The van der Waals surface area contributed by atoms with Crippen LogP contribution in [-0.4, -0.2) is 20.5 Å². The summed E-state index contributed by atoms with van der Waals surface area (Å²) < 4.78 is 1.78. The molecule has 5 heteroatoms. The molecule has 2 heterocycles. The van der Waals surface area contributed by atoms with Crippen molar-refractivity contribution < 1.29 is 4.79 Å². The first kappa shape index (κ1) is 13.7. The molecule has 0 amide bonds. The van der Waals surface area contributed by atoms with Gasteiger partial charge in [-0.3, -0.25) is 14.5 Å². The summed E-state index contributed by atoms with van der Waals surface area (Å²) in [6.45, 7) is 6.42. The third-order valence-electron chi connectivity index (χ3n) is 3.12. The van der Waals surface area contributed by atoms with Gasteiger partial charge in [0.15, 0.2) is 5.78 Å². The van der Waals surface area contributed by atoms with E-state index in [0.717, 1.165) is 17.0 Å². The maximum atomic E-state index is 12.3. The van der Waals surface area contributed by atoms with E-state index >= 15 is 0 Å². The summed E-state index contributed by atoms with van der Waals surface area (Å²) in [6, 6.07) is 1.83. The number of carbonyl (C=O) groups is 1. The zero-order valence-electron chi connectivity index (χ0n) is 11.3. The summed E-state index contributed by atoms with van der Waals surface area (Å²) in [5.41, 5.74) is 3.10. The van der Waals surface area contributed by atoms with Gasteiger partial charge in [0, 0.05) is 24.5 Å². The van der Waals surface area contributed by atoms with Gasteiger partial charge in [0.05, 0.1) is 22.8 Å². The van der Waals surface area contributed by atoms with E-state index in [1.165, 1.54) is 0 Å². The summed E-state index contributed by atoms with van der Waals surface area (Å²) in [6.07, 6.45) is 3.53. The van der Waals surface area contributed by atoms with Crippen LogP contribution in [0, 0.1) is 13.8 Å². The van der Waals surface area contributed by atoms with Gasteiger partial charge in [-0.05, 0) is 32.4 Å². The summed E-state index contributed by atoms with van der Waals surface area (Å²) in [5.74, 6) is 0.0158. The van der Waals surface area contributed by atoms with Crippen LogP contribution in [-0.2, 0) is 13.0 Å². The Morgan fingerprint density at radius 3 is 2.79 bits per heavy atom. The van der Waals surface area contributed by atoms with Gasteiger partial charge in [-0.15, -0.1) is 0 Å². The Hall–Kier alpha value is -1.68. The van der Waals surface area contributed by atoms with E-state index in [-0.39, 0.29) is 12.2 Å². The number of pyridine rings is 1. The van der Waals surface area contributed by atoms with Crippen molar-refractivity contribution in [3.8, 4) is 0 Å². The molecule has 0 aliphatic rings. The number of Topliss-reactive ketones (excluding diaryl/α,β-unsaturated/α-hetero) is 1. The van der Waals surface area contributed by atoms with Crippen LogP contribution in [0.5, 0.6) is 0 Å². The predicted octanol–water partition coefficient (Wildman–Crippen LogP) is 2.99. The number of rotatable bonds is 4. The second-order valence-corrected chi connectivity index (χ2v) is 4.83. The molecule has 0 radical (unpaired) electrons. The Bertz CT molecular complexity index is 619. The molecule has 0 saturated heterocycles. The molecular weight excluding hydrogens is 262 g/mol. The number of aryl methyl sites for hydroxylation is 3. The Morgan fingerprint density at radius 1 is 1.42 bits per heavy atom. The molecule has 0 saturated carbocycles. The average molecular weight is 278 g/mol. The fourth-order valence-electron chi connectivity index (χ4n) is 2.04. The highest BCUT2D eigenvalue weighted by Crippen LogP contribution is 2.22. The maximum absolute atomic E-state index is 12.3. The van der Waals surface area contributed by atoms with Gasteiger partial charge >= 0.3 is 0 Å². The quantitative estimate of drug-likeness (QED) is 0.807. The van der Waals surface area contributed by atoms with Gasteiger partial charge in [0.2, 0.25) is 0 Å². The molecule has 2 aromatic rings. The van der Waals surface area contributed by atoms with E-state index in [2.05, 4.69) is 10.1 Å². The number of hydrogen-bond acceptors (Lipinski definition) is 3. The van der Waals surface area contributed by atoms with E-state index in [0.29, 0.717) is 17.1 Å². The molecule has 0 N–H and O–H groups in total. The summed E-state index contributed by atoms with van der Waals surface area (Å²) in [7, 11) is 0. The summed E-state index contributed by atoms with van der Waals surface area (Å²) >= 11 is 6.21. The van der Waals surface area contributed by atoms with E-state index in [1.807, 2.05) is 26.8 Å². The first-order valence-corrected chi connectivity index (χ1v) is 6.58. The van der Waals surface area contributed by atoms with Gasteiger partial charge in [-0.1, -0.05) is 11.6 Å². The standard InChI is InChI=1S/C14H16ClN3O/c1-4-18-12(14(15)10(3)17-18)7-13(19)11-8-16-6-5-9(11)2/h5-6,8H,4,7H2,1-3H3. The minimum absolute atomic E-state index is 0.0158. The second kappa shape index (κ2) is 5.53. The fraction of sp³-hybridized carbons (Fsp3) is 0.357. The molecule has 0 aromatic carbocycles. The molecule has 4 nitrogen and oxygen atoms in total. The van der Waals surface area contributed by atoms with Crippen molar-refractivity contribution in [1.82, 2.24) is 14.8 Å². The normalized spacial score (nSPS) is 10.7. The lowest BCUT2D eigenvalue weighted by molar-refractivity contribution is 0.0989. The van der Waals surface area contributed by atoms with Gasteiger partial charge in [-0.2, -0.15) is 5.10 Å². The van der Waals surface area contributed by atoms with Crippen molar-refractivity contribution in [2.75, 3.05) is 0 Å². The fourth-order valence-corrected chi connectivity index (χ4v) is 2.24. The molecule has 0 aliphatic carbocycles. The number of nitrogens with zero attached hydrogens (tertiary/aromatic N) is 3. The molecule has 2 rings (SSSR count). The molecule has 100 valence electrons. The lowest BCUT2D eigenvalue weighted by atomic mass is 10.0. The van der Waals surface area contributed by atoms with Crippen LogP contribution in [0.1, 0.15) is 34.2 Å². The Morgan fingerprint density at radius 2 is 2.16 bits per heavy atom. The van der Waals surface area contributed by atoms with Crippen LogP contribution in [0.25, 0.3) is 0 Å². The Kier molecular flexibility index (Phi) is 4.00. The van der Waals surface area contributed by atoms with Crippen LogP contribution in [0.15, 0.2) is 18.5 Å². The summed E-state index contributed by atoms with van der Waals surface area (Å²) in [4.78, 5) is 16.3. The largest absolute Gasteiger partial charge is 0.294 e. The molecule has 0 unspecified atom stereocenters. The zero-order chi connectivity index (χ0) is 14.0. The number of halogens is 1. The van der Waals surface area contributed by atoms with Crippen LogP contribution < -0.4 is 0 Å². The van der Waals surface area contributed by atoms with Crippen LogP contribution in [0.3, 0.4) is 0 Å². The molecule has 0 spiro atoms. The monoisotopic (exact) mass is 277 g/mol. The Labute approximate surface area is 117 Å². The smallest absolute Gasteiger partial charge is 0.170 e. The van der Waals surface area contributed by atoms with Gasteiger partial charge in [0.1, 0.15) is 0 Å². The van der Waals surface area contributed by atoms with E-state index in [1.54, 1.807) is 17.1 Å². The number of hydrogen-bond donors (Lipinski definition) is 0. The molecule has 19 heavy (non-hydrogen) atoms. The number of aromatic nitrogens is 3. The first-order chi connectivity index (χ1) is 9.04.